The summed E-state index contributed by atoms with van der Waals surface area (Å²) >= 11 is 0. The minimum Gasteiger partial charge on any atom is -0.372 e. The van der Waals surface area contributed by atoms with Gasteiger partial charge in [-0.25, -0.2) is 0 Å². The molecule has 0 fully saturated rings. The van der Waals surface area contributed by atoms with Crippen LogP contribution in [0.25, 0.3) is 0 Å². The molecule has 2 N–H and O–H groups in total. The van der Waals surface area contributed by atoms with E-state index in [-0.39, 0.29) is 12.1 Å². The van der Waals surface area contributed by atoms with E-state index in [2.05, 4.69) is 18.2 Å². The summed E-state index contributed by atoms with van der Waals surface area (Å²) in [6.07, 6.45) is 1.10. The van der Waals surface area contributed by atoms with Crippen molar-refractivity contribution in [3.63, 3.8) is 0 Å². The van der Waals surface area contributed by atoms with Crippen molar-refractivity contribution < 1.29 is 4.74 Å². The van der Waals surface area contributed by atoms with Crippen LogP contribution in [0.5, 0.6) is 0 Å². The van der Waals surface area contributed by atoms with Crippen LogP contribution in [-0.4, -0.2) is 12.6 Å². The average Bonchev–Trinajstić information content (AvgIpc) is 2.17. The summed E-state index contributed by atoms with van der Waals surface area (Å²) in [7, 11) is 0. The Morgan fingerprint density at radius 1 is 1.46 bits per heavy atom. The zero-order valence-electron chi connectivity index (χ0n) is 7.86. The van der Waals surface area contributed by atoms with Gasteiger partial charge in [-0.05, 0) is 24.5 Å². The Morgan fingerprint density at radius 2 is 2.23 bits per heavy atom. The van der Waals surface area contributed by atoms with E-state index in [1.54, 1.807) is 0 Å². The van der Waals surface area contributed by atoms with Crippen molar-refractivity contribution in [3.8, 4) is 0 Å². The van der Waals surface area contributed by atoms with Gasteiger partial charge in [0.1, 0.15) is 0 Å². The maximum Gasteiger partial charge on any atom is 0.0975 e. The van der Waals surface area contributed by atoms with Crippen LogP contribution in [0.2, 0.25) is 0 Å². The fourth-order valence-corrected chi connectivity index (χ4v) is 1.86. The molecule has 0 aromatic heterocycles. The summed E-state index contributed by atoms with van der Waals surface area (Å²) < 4.78 is 5.64. The Bertz CT molecular complexity index is 296. The van der Waals surface area contributed by atoms with Crippen LogP contribution in [0.1, 0.15) is 24.2 Å². The molecule has 0 amide bonds. The molecule has 2 rings (SSSR count). The lowest BCUT2D eigenvalue weighted by Gasteiger charge is -2.28. The molecular formula is C11H15NO. The van der Waals surface area contributed by atoms with Gasteiger partial charge >= 0.3 is 0 Å². The van der Waals surface area contributed by atoms with Gasteiger partial charge in [0.25, 0.3) is 0 Å². The Balaban J connectivity index is 2.37. The molecule has 1 aliphatic rings. The molecule has 0 spiro atoms. The Hall–Kier alpha value is -0.860. The molecule has 2 atom stereocenters. The number of rotatable bonds is 1. The lowest BCUT2D eigenvalue weighted by molar-refractivity contribution is 0.0285. The highest BCUT2D eigenvalue weighted by molar-refractivity contribution is 5.31. The van der Waals surface area contributed by atoms with E-state index in [1.165, 1.54) is 11.1 Å². The van der Waals surface area contributed by atoms with Crippen LogP contribution in [0.4, 0.5) is 0 Å². The first-order chi connectivity index (χ1) is 6.29. The normalized spacial score (nSPS) is 23.7. The van der Waals surface area contributed by atoms with Crippen molar-refractivity contribution in [1.29, 1.82) is 0 Å². The van der Waals surface area contributed by atoms with E-state index in [9.17, 15) is 0 Å². The Labute approximate surface area is 78.7 Å². The molecule has 0 saturated carbocycles. The number of hydrogen-bond donors (Lipinski definition) is 1. The van der Waals surface area contributed by atoms with Gasteiger partial charge in [0.05, 0.1) is 12.7 Å². The second-order valence-electron chi connectivity index (χ2n) is 3.60. The van der Waals surface area contributed by atoms with Gasteiger partial charge in [0, 0.05) is 6.04 Å². The molecule has 2 heteroatoms. The van der Waals surface area contributed by atoms with Gasteiger partial charge in [-0.1, -0.05) is 24.3 Å². The minimum absolute atomic E-state index is 0.0708. The summed E-state index contributed by atoms with van der Waals surface area (Å²) in [5, 5.41) is 0. The van der Waals surface area contributed by atoms with Gasteiger partial charge in [0.2, 0.25) is 0 Å². The minimum atomic E-state index is 0.0708. The van der Waals surface area contributed by atoms with E-state index in [1.807, 2.05) is 13.0 Å². The van der Waals surface area contributed by atoms with Crippen molar-refractivity contribution in [1.82, 2.24) is 0 Å². The maximum absolute atomic E-state index is 5.86. The third-order valence-corrected chi connectivity index (χ3v) is 2.51. The lowest BCUT2D eigenvalue weighted by atomic mass is 9.94. The van der Waals surface area contributed by atoms with Crippen LogP contribution in [0.3, 0.4) is 0 Å². The number of ether oxygens (including phenoxy) is 1. The molecule has 1 aliphatic heterocycles. The number of hydrogen-bond acceptors (Lipinski definition) is 2. The third-order valence-electron chi connectivity index (χ3n) is 2.51. The summed E-state index contributed by atoms with van der Waals surface area (Å²) in [6.45, 7) is 2.79. The lowest BCUT2D eigenvalue weighted by Crippen LogP contribution is -2.31. The van der Waals surface area contributed by atoms with Gasteiger partial charge in [-0.2, -0.15) is 0 Å². The molecule has 0 radical (unpaired) electrons. The molecule has 70 valence electrons. The fourth-order valence-electron chi connectivity index (χ4n) is 1.86. The van der Waals surface area contributed by atoms with Crippen LogP contribution in [-0.2, 0) is 11.2 Å². The van der Waals surface area contributed by atoms with Crippen molar-refractivity contribution in [2.45, 2.75) is 25.5 Å². The van der Waals surface area contributed by atoms with Crippen molar-refractivity contribution in [2.24, 2.45) is 5.73 Å². The molecular weight excluding hydrogens is 162 g/mol. The second kappa shape index (κ2) is 3.48. The first-order valence-electron chi connectivity index (χ1n) is 4.74. The Kier molecular flexibility index (Phi) is 2.34. The van der Waals surface area contributed by atoms with Crippen LogP contribution in [0.15, 0.2) is 24.3 Å². The smallest absolute Gasteiger partial charge is 0.0975 e. The topological polar surface area (TPSA) is 35.2 Å². The molecule has 1 aromatic rings. The first-order valence-corrected chi connectivity index (χ1v) is 4.74. The van der Waals surface area contributed by atoms with Crippen LogP contribution >= 0.6 is 0 Å². The molecule has 0 saturated heterocycles. The van der Waals surface area contributed by atoms with Crippen molar-refractivity contribution in [3.05, 3.63) is 35.4 Å². The summed E-state index contributed by atoms with van der Waals surface area (Å²) in [5.74, 6) is 0. The van der Waals surface area contributed by atoms with Gasteiger partial charge in [0.15, 0.2) is 0 Å². The highest BCUT2D eigenvalue weighted by Crippen LogP contribution is 2.28. The highest BCUT2D eigenvalue weighted by Gasteiger charge is 2.22. The predicted molar refractivity (Wildman–Crippen MR) is 52.5 cm³/mol. The van der Waals surface area contributed by atoms with Crippen molar-refractivity contribution in [2.75, 3.05) is 6.61 Å². The second-order valence-corrected chi connectivity index (χ2v) is 3.60. The molecule has 0 aliphatic carbocycles. The molecule has 1 heterocycles. The van der Waals surface area contributed by atoms with E-state index < -0.39 is 0 Å². The monoisotopic (exact) mass is 177 g/mol. The molecule has 0 bridgehead atoms. The van der Waals surface area contributed by atoms with Gasteiger partial charge in [-0.3, -0.25) is 0 Å². The number of fused-ring (bicyclic) bond motifs is 1. The van der Waals surface area contributed by atoms with E-state index in [0.29, 0.717) is 0 Å². The SMILES string of the molecule is CC(N)C1OCCc2ccccc21. The Morgan fingerprint density at radius 3 is 3.00 bits per heavy atom. The zero-order chi connectivity index (χ0) is 9.26. The number of nitrogens with two attached hydrogens (primary N) is 1. The summed E-state index contributed by atoms with van der Waals surface area (Å²) in [4.78, 5) is 0. The average molecular weight is 177 g/mol. The van der Waals surface area contributed by atoms with E-state index in [4.69, 9.17) is 10.5 Å². The number of benzene rings is 1. The van der Waals surface area contributed by atoms with Gasteiger partial charge in [-0.15, -0.1) is 0 Å². The third kappa shape index (κ3) is 1.60. The molecule has 13 heavy (non-hydrogen) atoms. The summed E-state index contributed by atoms with van der Waals surface area (Å²) in [5.41, 5.74) is 8.51. The quantitative estimate of drug-likeness (QED) is 0.708. The largest absolute Gasteiger partial charge is 0.372 e. The molecule has 2 nitrogen and oxygen atoms in total. The highest BCUT2D eigenvalue weighted by atomic mass is 16.5. The molecule has 1 aromatic carbocycles. The standard InChI is InChI=1S/C11H15NO/c1-8(12)11-10-5-3-2-4-9(10)6-7-13-11/h2-5,8,11H,6-7,12H2,1H3. The maximum atomic E-state index is 5.86. The molecule has 2 unspecified atom stereocenters. The summed E-state index contributed by atoms with van der Waals surface area (Å²) in [6, 6.07) is 8.46. The van der Waals surface area contributed by atoms with E-state index in [0.717, 1.165) is 13.0 Å². The van der Waals surface area contributed by atoms with Gasteiger partial charge < -0.3 is 10.5 Å². The van der Waals surface area contributed by atoms with Crippen molar-refractivity contribution >= 4 is 0 Å². The predicted octanol–water partition coefficient (Wildman–Crippen LogP) is 1.65. The van der Waals surface area contributed by atoms with Crippen LogP contribution in [0, 0.1) is 0 Å². The van der Waals surface area contributed by atoms with E-state index >= 15 is 0 Å². The fraction of sp³-hybridized carbons (Fsp3) is 0.455. The zero-order valence-corrected chi connectivity index (χ0v) is 7.86. The van der Waals surface area contributed by atoms with Crippen LogP contribution < -0.4 is 5.73 Å². The first kappa shape index (κ1) is 8.73.